The minimum atomic E-state index is -0.899. The zero-order valence-electron chi connectivity index (χ0n) is 16.9. The van der Waals surface area contributed by atoms with Crippen LogP contribution in [0.2, 0.25) is 0 Å². The lowest BCUT2D eigenvalue weighted by molar-refractivity contribution is 0.0928. The van der Waals surface area contributed by atoms with Crippen LogP contribution in [-0.4, -0.2) is 25.9 Å². The van der Waals surface area contributed by atoms with E-state index in [-0.39, 0.29) is 6.79 Å². The molecule has 1 aliphatic rings. The van der Waals surface area contributed by atoms with Crippen LogP contribution in [0, 0.1) is 11.6 Å². The van der Waals surface area contributed by atoms with Crippen molar-refractivity contribution < 1.29 is 27.8 Å². The van der Waals surface area contributed by atoms with Crippen molar-refractivity contribution in [1.29, 1.82) is 0 Å². The standard InChI is InChI=1S/C24H21F2NO4/c1-29-18-8-5-15(6-9-18)11-17(12-16-7-10-21-22(13-16)31-14-30-21)27-24(28)23-19(25)3-2-4-20(23)26/h2-10,13,17H,11-12,14H2,1H3,(H,27,28)/t17-/m1/s1. The summed E-state index contributed by atoms with van der Waals surface area (Å²) in [4.78, 5) is 12.7. The zero-order chi connectivity index (χ0) is 21.8. The van der Waals surface area contributed by atoms with Gasteiger partial charge in [-0.3, -0.25) is 4.79 Å². The zero-order valence-corrected chi connectivity index (χ0v) is 16.9. The number of carbonyl (C=O) groups excluding carboxylic acids is 1. The Kier molecular flexibility index (Phi) is 6.02. The van der Waals surface area contributed by atoms with Gasteiger partial charge in [0.2, 0.25) is 6.79 Å². The molecule has 31 heavy (non-hydrogen) atoms. The molecule has 0 radical (unpaired) electrons. The number of halogens is 2. The van der Waals surface area contributed by atoms with Crippen molar-refractivity contribution >= 4 is 5.91 Å². The van der Waals surface area contributed by atoms with Crippen LogP contribution in [0.3, 0.4) is 0 Å². The number of fused-ring (bicyclic) bond motifs is 1. The third-order valence-electron chi connectivity index (χ3n) is 5.09. The molecular formula is C24H21F2NO4. The number of rotatable bonds is 7. The Balaban J connectivity index is 1.57. The first-order chi connectivity index (χ1) is 15.0. The summed E-state index contributed by atoms with van der Waals surface area (Å²) in [6.07, 6.45) is 0.894. The molecule has 4 rings (SSSR count). The van der Waals surface area contributed by atoms with Crippen LogP contribution in [0.4, 0.5) is 8.78 Å². The maximum absolute atomic E-state index is 14.1. The molecule has 0 bridgehead atoms. The molecule has 0 spiro atoms. The van der Waals surface area contributed by atoms with E-state index < -0.39 is 29.1 Å². The van der Waals surface area contributed by atoms with Crippen molar-refractivity contribution in [2.45, 2.75) is 18.9 Å². The maximum atomic E-state index is 14.1. The molecule has 160 valence electrons. The Morgan fingerprint density at radius 3 is 2.32 bits per heavy atom. The Morgan fingerprint density at radius 2 is 1.61 bits per heavy atom. The highest BCUT2D eigenvalue weighted by Crippen LogP contribution is 2.33. The van der Waals surface area contributed by atoms with E-state index in [4.69, 9.17) is 14.2 Å². The van der Waals surface area contributed by atoms with Gasteiger partial charge in [0.15, 0.2) is 11.5 Å². The van der Waals surface area contributed by atoms with Crippen molar-refractivity contribution in [2.75, 3.05) is 13.9 Å². The minimum absolute atomic E-state index is 0.164. The summed E-state index contributed by atoms with van der Waals surface area (Å²) in [5.74, 6) is -0.587. The van der Waals surface area contributed by atoms with Gasteiger partial charge < -0.3 is 19.5 Å². The van der Waals surface area contributed by atoms with E-state index in [0.29, 0.717) is 30.1 Å². The van der Waals surface area contributed by atoms with Crippen LogP contribution >= 0.6 is 0 Å². The van der Waals surface area contributed by atoms with Crippen LogP contribution in [0.1, 0.15) is 21.5 Å². The molecule has 0 aliphatic carbocycles. The summed E-state index contributed by atoms with van der Waals surface area (Å²) in [6.45, 7) is 0.164. The fourth-order valence-corrected chi connectivity index (χ4v) is 3.55. The second-order valence-corrected chi connectivity index (χ2v) is 7.21. The number of carbonyl (C=O) groups is 1. The van der Waals surface area contributed by atoms with E-state index in [2.05, 4.69) is 5.32 Å². The Hall–Kier alpha value is -3.61. The van der Waals surface area contributed by atoms with Gasteiger partial charge in [-0.15, -0.1) is 0 Å². The van der Waals surface area contributed by atoms with Gasteiger partial charge in [0.25, 0.3) is 5.91 Å². The van der Waals surface area contributed by atoms with Crippen molar-refractivity contribution in [1.82, 2.24) is 5.32 Å². The number of ether oxygens (including phenoxy) is 3. The van der Waals surface area contributed by atoms with Gasteiger partial charge in [-0.1, -0.05) is 24.3 Å². The molecule has 0 unspecified atom stereocenters. The fourth-order valence-electron chi connectivity index (χ4n) is 3.55. The lowest BCUT2D eigenvalue weighted by atomic mass is 9.98. The average Bonchev–Trinajstić information content (AvgIpc) is 3.22. The lowest BCUT2D eigenvalue weighted by Crippen LogP contribution is -2.39. The first-order valence-electron chi connectivity index (χ1n) is 9.80. The number of amides is 1. The Bertz CT molecular complexity index is 1070. The van der Waals surface area contributed by atoms with Crippen LogP contribution in [0.5, 0.6) is 17.2 Å². The molecule has 1 amide bonds. The van der Waals surface area contributed by atoms with Crippen LogP contribution in [0.25, 0.3) is 0 Å². The van der Waals surface area contributed by atoms with Gasteiger partial charge in [-0.25, -0.2) is 8.78 Å². The van der Waals surface area contributed by atoms with Gasteiger partial charge in [-0.05, 0) is 60.4 Å². The van der Waals surface area contributed by atoms with Crippen molar-refractivity contribution in [3.63, 3.8) is 0 Å². The molecular weight excluding hydrogens is 404 g/mol. The molecule has 0 fully saturated rings. The number of hydrogen-bond donors (Lipinski definition) is 1. The smallest absolute Gasteiger partial charge is 0.257 e. The van der Waals surface area contributed by atoms with Gasteiger partial charge in [0, 0.05) is 6.04 Å². The molecule has 0 saturated heterocycles. The molecule has 1 atom stereocenters. The largest absolute Gasteiger partial charge is 0.497 e. The molecule has 0 saturated carbocycles. The van der Waals surface area contributed by atoms with Crippen molar-refractivity contribution in [2.24, 2.45) is 0 Å². The summed E-state index contributed by atoms with van der Waals surface area (Å²) >= 11 is 0. The monoisotopic (exact) mass is 425 g/mol. The molecule has 1 aliphatic heterocycles. The SMILES string of the molecule is COc1ccc(C[C@H](Cc2ccc3c(c2)OCO3)NC(=O)c2c(F)cccc2F)cc1. The lowest BCUT2D eigenvalue weighted by Gasteiger charge is -2.20. The number of nitrogens with one attached hydrogen (secondary N) is 1. The van der Waals surface area contributed by atoms with Gasteiger partial charge in [0.1, 0.15) is 22.9 Å². The van der Waals surface area contributed by atoms with Gasteiger partial charge >= 0.3 is 0 Å². The number of benzene rings is 3. The summed E-state index contributed by atoms with van der Waals surface area (Å²) in [5, 5.41) is 2.79. The van der Waals surface area contributed by atoms with Crippen molar-refractivity contribution in [3.8, 4) is 17.2 Å². The predicted molar refractivity (Wildman–Crippen MR) is 111 cm³/mol. The van der Waals surface area contributed by atoms with Gasteiger partial charge in [0.05, 0.1) is 7.11 Å². The molecule has 3 aromatic rings. The summed E-state index contributed by atoms with van der Waals surface area (Å²) in [5.41, 5.74) is 1.26. The molecule has 5 nitrogen and oxygen atoms in total. The predicted octanol–water partition coefficient (Wildman–Crippen LogP) is 4.29. The second-order valence-electron chi connectivity index (χ2n) is 7.21. The number of methoxy groups -OCH3 is 1. The number of hydrogen-bond acceptors (Lipinski definition) is 4. The third-order valence-corrected chi connectivity index (χ3v) is 5.09. The highest BCUT2D eigenvalue weighted by atomic mass is 19.1. The molecule has 3 aromatic carbocycles. The van der Waals surface area contributed by atoms with Gasteiger partial charge in [-0.2, -0.15) is 0 Å². The molecule has 1 heterocycles. The Morgan fingerprint density at radius 1 is 0.968 bits per heavy atom. The highest BCUT2D eigenvalue weighted by Gasteiger charge is 2.22. The van der Waals surface area contributed by atoms with E-state index in [1.165, 1.54) is 6.07 Å². The summed E-state index contributed by atoms with van der Waals surface area (Å²) in [6, 6.07) is 15.9. The first kappa shape index (κ1) is 20.7. The van der Waals surface area contributed by atoms with Crippen LogP contribution < -0.4 is 19.5 Å². The van der Waals surface area contributed by atoms with E-state index >= 15 is 0 Å². The topological polar surface area (TPSA) is 56.8 Å². The quantitative estimate of drug-likeness (QED) is 0.614. The highest BCUT2D eigenvalue weighted by molar-refractivity contribution is 5.95. The minimum Gasteiger partial charge on any atom is -0.497 e. The maximum Gasteiger partial charge on any atom is 0.257 e. The van der Waals surface area contributed by atoms with E-state index in [1.807, 2.05) is 36.4 Å². The van der Waals surface area contributed by atoms with Crippen LogP contribution in [0.15, 0.2) is 60.7 Å². The van der Waals surface area contributed by atoms with Crippen LogP contribution in [-0.2, 0) is 12.8 Å². The third kappa shape index (κ3) is 4.77. The average molecular weight is 425 g/mol. The summed E-state index contributed by atoms with van der Waals surface area (Å²) < 4.78 is 44.1. The molecule has 7 heteroatoms. The second kappa shape index (κ2) is 9.04. The normalized spacial score (nSPS) is 13.0. The molecule has 1 N–H and O–H groups in total. The summed E-state index contributed by atoms with van der Waals surface area (Å²) in [7, 11) is 1.58. The van der Waals surface area contributed by atoms with E-state index in [0.717, 1.165) is 23.3 Å². The van der Waals surface area contributed by atoms with Crippen molar-refractivity contribution in [3.05, 3.63) is 89.0 Å². The molecule has 0 aromatic heterocycles. The van der Waals surface area contributed by atoms with E-state index in [9.17, 15) is 13.6 Å². The Labute approximate surface area is 178 Å². The fraction of sp³-hybridized carbons (Fsp3) is 0.208. The van der Waals surface area contributed by atoms with E-state index in [1.54, 1.807) is 13.2 Å². The first-order valence-corrected chi connectivity index (χ1v) is 9.80.